The first-order valence-electron chi connectivity index (χ1n) is 14.5. The van der Waals surface area contributed by atoms with Crippen molar-refractivity contribution in [2.75, 3.05) is 0 Å². The van der Waals surface area contributed by atoms with Gasteiger partial charge in [0, 0.05) is 0 Å². The van der Waals surface area contributed by atoms with E-state index in [0.29, 0.717) is 5.92 Å². The smallest absolute Gasteiger partial charge is 1.00 e. The summed E-state index contributed by atoms with van der Waals surface area (Å²) in [5.74, 6) is -0.229. The number of hydrogen-bond acceptors (Lipinski definition) is 0. The Morgan fingerprint density at radius 1 is 0.756 bits per heavy atom. The van der Waals surface area contributed by atoms with E-state index in [1.165, 1.54) is 56.1 Å². The standard InChI is InChI=1S/C35H27.C2H7Si.2ClH.Zr/c1-2-9-27-22-33-29(26-19-18-23-10-3-4-11-24(23)20-26)14-7-16-31(33)35(27)32-17-8-15-30-28-13-6-5-12-25(28)21-34(30)32;1-3-2;;;/h3-8,10-16,18-20,22,35H,2,9,21H2,1H3;3H,1-2H3;2*1H;/q;;;;+2/p-2. The van der Waals surface area contributed by atoms with Gasteiger partial charge in [0.1, 0.15) is 0 Å². The van der Waals surface area contributed by atoms with E-state index >= 15 is 0 Å². The quantitative estimate of drug-likeness (QED) is 0.240. The molecule has 7 rings (SSSR count). The normalized spacial score (nSPS) is 14.4. The second-order valence-corrected chi connectivity index (χ2v) is 26.0. The number of hydrogen-bond donors (Lipinski definition) is 0. The predicted molar refractivity (Wildman–Crippen MR) is 167 cm³/mol. The Kier molecular flexibility index (Phi) is 9.27. The molecule has 5 aromatic rings. The zero-order valence-corrected chi connectivity index (χ0v) is 29.0. The van der Waals surface area contributed by atoms with Gasteiger partial charge < -0.3 is 24.8 Å². The second-order valence-electron chi connectivity index (χ2n) is 11.5. The molecule has 0 heterocycles. The average Bonchev–Trinajstić information content (AvgIpc) is 3.51. The number of allylic oxidation sites excluding steroid dienone is 1. The van der Waals surface area contributed by atoms with Crippen LogP contribution in [0, 0.1) is 0 Å². The molecule has 0 saturated carbocycles. The molecular formula is C37H34Cl2SiZr. The number of fused-ring (bicyclic) bond motifs is 5. The van der Waals surface area contributed by atoms with Gasteiger partial charge in [-0.1, -0.05) is 0 Å². The van der Waals surface area contributed by atoms with E-state index in [-0.39, 0.29) is 24.8 Å². The summed E-state index contributed by atoms with van der Waals surface area (Å²) >= 11 is -0.591. The molecule has 0 aliphatic heterocycles. The SMILES string of the molecule is CCCC1=Cc2c(-c3ccc4ccccc4c3)cccc2C1c1[c]([Zr+2][SiH](C)C)ccc2c1Cc1ccccc1-2.[Cl-].[Cl-]. The molecule has 0 aromatic heterocycles. The summed E-state index contributed by atoms with van der Waals surface area (Å²) in [6.45, 7) is 7.48. The fraction of sp³-hybridized carbons (Fsp3) is 0.189. The Morgan fingerprint density at radius 3 is 2.32 bits per heavy atom. The van der Waals surface area contributed by atoms with Gasteiger partial charge in [-0.05, 0) is 0 Å². The number of halogens is 2. The molecule has 41 heavy (non-hydrogen) atoms. The molecule has 0 bridgehead atoms. The van der Waals surface area contributed by atoms with Crippen LogP contribution >= 0.6 is 0 Å². The summed E-state index contributed by atoms with van der Waals surface area (Å²) in [5.41, 5.74) is 15.1. The van der Waals surface area contributed by atoms with Crippen LogP contribution in [0.25, 0.3) is 39.1 Å². The molecule has 0 radical (unpaired) electrons. The van der Waals surface area contributed by atoms with Gasteiger partial charge in [-0.15, -0.1) is 0 Å². The van der Waals surface area contributed by atoms with Gasteiger partial charge in [-0.3, -0.25) is 0 Å². The Hall–Kier alpha value is -2.22. The van der Waals surface area contributed by atoms with Gasteiger partial charge in [-0.2, -0.15) is 0 Å². The summed E-state index contributed by atoms with van der Waals surface area (Å²) in [6, 6.07) is 36.9. The molecule has 204 valence electrons. The summed E-state index contributed by atoms with van der Waals surface area (Å²) in [4.78, 5) is 0. The van der Waals surface area contributed by atoms with Crippen LogP contribution in [-0.2, 0) is 28.8 Å². The maximum Gasteiger partial charge on any atom is -1.00 e. The molecule has 0 saturated heterocycles. The second kappa shape index (κ2) is 12.6. The third kappa shape index (κ3) is 5.38. The van der Waals surface area contributed by atoms with Crippen molar-refractivity contribution in [1.82, 2.24) is 0 Å². The van der Waals surface area contributed by atoms with E-state index in [9.17, 15) is 0 Å². The maximum atomic E-state index is 2.58. The van der Waals surface area contributed by atoms with Crippen LogP contribution < -0.4 is 28.1 Å². The van der Waals surface area contributed by atoms with Crippen molar-refractivity contribution < 1.29 is 47.2 Å². The van der Waals surface area contributed by atoms with Crippen molar-refractivity contribution in [1.29, 1.82) is 0 Å². The summed E-state index contributed by atoms with van der Waals surface area (Å²) in [7, 11) is 0. The first-order valence-corrected chi connectivity index (χ1v) is 22.8. The summed E-state index contributed by atoms with van der Waals surface area (Å²) in [5, 5.41) is 2.62. The molecule has 1 unspecified atom stereocenters. The van der Waals surface area contributed by atoms with E-state index in [4.69, 9.17) is 0 Å². The van der Waals surface area contributed by atoms with Gasteiger partial charge in [0.05, 0.1) is 0 Å². The van der Waals surface area contributed by atoms with Crippen molar-refractivity contribution in [2.24, 2.45) is 0 Å². The van der Waals surface area contributed by atoms with Crippen LogP contribution in [-0.4, -0.2) is 5.92 Å². The van der Waals surface area contributed by atoms with E-state index in [0.717, 1.165) is 12.8 Å². The molecule has 0 spiro atoms. The summed E-state index contributed by atoms with van der Waals surface area (Å²) in [6.07, 6.45) is 6.02. The van der Waals surface area contributed by atoms with Crippen LogP contribution in [0.3, 0.4) is 0 Å². The van der Waals surface area contributed by atoms with E-state index in [1.807, 2.05) is 0 Å². The van der Waals surface area contributed by atoms with Crippen LogP contribution in [0.5, 0.6) is 0 Å². The fourth-order valence-electron chi connectivity index (χ4n) is 6.92. The minimum atomic E-state index is -0.625. The van der Waals surface area contributed by atoms with E-state index in [2.05, 4.69) is 123 Å². The minimum absolute atomic E-state index is 0. The fourth-order valence-corrected chi connectivity index (χ4v) is 15.2. The van der Waals surface area contributed by atoms with E-state index in [1.54, 1.807) is 20.0 Å². The predicted octanol–water partition coefficient (Wildman–Crippen LogP) is 3.11. The van der Waals surface area contributed by atoms with Crippen molar-refractivity contribution >= 4 is 26.0 Å². The molecular weight excluding hydrogens is 635 g/mol. The van der Waals surface area contributed by atoms with Crippen molar-refractivity contribution in [2.45, 2.75) is 45.2 Å². The number of benzene rings is 5. The maximum absolute atomic E-state index is 2.58. The zero-order chi connectivity index (χ0) is 26.5. The number of rotatable bonds is 6. The van der Waals surface area contributed by atoms with Crippen LogP contribution in [0.4, 0.5) is 0 Å². The monoisotopic (exact) mass is 666 g/mol. The van der Waals surface area contributed by atoms with Crippen LogP contribution in [0.2, 0.25) is 13.1 Å². The van der Waals surface area contributed by atoms with Gasteiger partial charge in [-0.25, -0.2) is 0 Å². The third-order valence-electron chi connectivity index (χ3n) is 8.52. The summed E-state index contributed by atoms with van der Waals surface area (Å²) < 4.78 is 1.77. The van der Waals surface area contributed by atoms with Crippen molar-refractivity contribution in [3.63, 3.8) is 0 Å². The van der Waals surface area contributed by atoms with Crippen LogP contribution in [0.15, 0.2) is 103 Å². The Morgan fingerprint density at radius 2 is 1.51 bits per heavy atom. The van der Waals surface area contributed by atoms with E-state index < -0.39 is 28.3 Å². The molecule has 4 heteroatoms. The molecule has 2 aliphatic carbocycles. The van der Waals surface area contributed by atoms with Gasteiger partial charge in [0.15, 0.2) is 0 Å². The average molecular weight is 669 g/mol. The third-order valence-corrected chi connectivity index (χ3v) is 17.0. The largest absolute Gasteiger partial charge is 1.00 e. The molecule has 0 N–H and O–H groups in total. The molecule has 0 fully saturated rings. The molecule has 5 aromatic carbocycles. The van der Waals surface area contributed by atoms with Gasteiger partial charge in [0.25, 0.3) is 0 Å². The Balaban J connectivity index is 0.00000169. The van der Waals surface area contributed by atoms with Gasteiger partial charge >= 0.3 is 246 Å². The first-order chi connectivity index (χ1) is 19.1. The Labute approximate surface area is 269 Å². The van der Waals surface area contributed by atoms with Crippen LogP contribution in [0.1, 0.15) is 53.5 Å². The molecule has 0 amide bonds. The molecule has 1 atom stereocenters. The van der Waals surface area contributed by atoms with Gasteiger partial charge in [0.2, 0.25) is 0 Å². The first kappa shape index (κ1) is 30.2. The zero-order valence-electron chi connectivity index (χ0n) is 23.8. The minimum Gasteiger partial charge on any atom is -1.00 e. The molecule has 2 aliphatic rings. The molecule has 0 nitrogen and oxygen atoms in total. The topological polar surface area (TPSA) is 0 Å². The van der Waals surface area contributed by atoms with Crippen molar-refractivity contribution in [3.05, 3.63) is 130 Å². The Bertz CT molecular complexity index is 1770. The van der Waals surface area contributed by atoms with Crippen molar-refractivity contribution in [3.8, 4) is 22.3 Å².